The van der Waals surface area contributed by atoms with E-state index in [-0.39, 0.29) is 35.1 Å². The SMILES string of the molecule is COc1ccc(COC(=O)C2=C(C(=O)OCC(C)Br)CS[C@H]3C(N)C(=O)N23)cc1. The molecule has 1 aromatic rings. The third kappa shape index (κ3) is 4.59. The van der Waals surface area contributed by atoms with Crippen LogP contribution < -0.4 is 10.5 Å². The molecule has 3 rings (SSSR count). The summed E-state index contributed by atoms with van der Waals surface area (Å²) in [5, 5.41) is -0.391. The first kappa shape index (κ1) is 21.7. The molecule has 8 nitrogen and oxygen atoms in total. The Labute approximate surface area is 180 Å². The van der Waals surface area contributed by atoms with Crippen molar-refractivity contribution in [1.29, 1.82) is 0 Å². The maximum absolute atomic E-state index is 12.8. The number of esters is 2. The molecule has 2 aliphatic heterocycles. The Morgan fingerprint density at radius 2 is 1.97 bits per heavy atom. The highest BCUT2D eigenvalue weighted by molar-refractivity contribution is 9.09. The van der Waals surface area contributed by atoms with Gasteiger partial charge in [0.05, 0.1) is 12.7 Å². The Kier molecular flexibility index (Phi) is 6.86. The summed E-state index contributed by atoms with van der Waals surface area (Å²) in [7, 11) is 1.56. The molecule has 1 fully saturated rings. The van der Waals surface area contributed by atoms with Crippen LogP contribution in [0, 0.1) is 0 Å². The second kappa shape index (κ2) is 9.19. The molecule has 2 unspecified atom stereocenters. The lowest BCUT2D eigenvalue weighted by atomic mass is 10.0. The lowest BCUT2D eigenvalue weighted by Crippen LogP contribution is -2.68. The number of amides is 1. The normalized spacial score (nSPS) is 21.8. The Bertz CT molecular complexity index is 842. The molecular weight excluding hydrogens is 464 g/mol. The summed E-state index contributed by atoms with van der Waals surface area (Å²) < 4.78 is 15.7. The summed E-state index contributed by atoms with van der Waals surface area (Å²) in [6.45, 7) is 1.95. The van der Waals surface area contributed by atoms with Gasteiger partial charge in [-0.15, -0.1) is 11.8 Å². The molecule has 0 saturated carbocycles. The molecule has 0 radical (unpaired) electrons. The number of hydrogen-bond donors (Lipinski definition) is 1. The molecule has 156 valence electrons. The summed E-state index contributed by atoms with van der Waals surface area (Å²) in [4.78, 5) is 38.8. The van der Waals surface area contributed by atoms with Gasteiger partial charge >= 0.3 is 11.9 Å². The Balaban J connectivity index is 1.79. The van der Waals surface area contributed by atoms with E-state index in [1.807, 2.05) is 6.92 Å². The van der Waals surface area contributed by atoms with Gasteiger partial charge in [-0.3, -0.25) is 9.69 Å². The molecule has 1 amide bonds. The van der Waals surface area contributed by atoms with E-state index >= 15 is 0 Å². The largest absolute Gasteiger partial charge is 0.497 e. The summed E-state index contributed by atoms with van der Waals surface area (Å²) in [6.07, 6.45) is 0. The van der Waals surface area contributed by atoms with Gasteiger partial charge in [0.25, 0.3) is 0 Å². The number of halogens is 1. The highest BCUT2D eigenvalue weighted by atomic mass is 79.9. The van der Waals surface area contributed by atoms with E-state index in [4.69, 9.17) is 19.9 Å². The molecule has 2 N–H and O–H groups in total. The smallest absolute Gasteiger partial charge is 0.356 e. The van der Waals surface area contributed by atoms with Crippen LogP contribution in [-0.2, 0) is 30.5 Å². The van der Waals surface area contributed by atoms with Crippen molar-refractivity contribution >= 4 is 45.5 Å². The van der Waals surface area contributed by atoms with E-state index in [0.29, 0.717) is 5.75 Å². The van der Waals surface area contributed by atoms with Crippen molar-refractivity contribution in [3.8, 4) is 5.75 Å². The number of alkyl halides is 1. The number of nitrogens with zero attached hydrogens (tertiary/aromatic N) is 1. The number of carbonyl (C=O) groups excluding carboxylic acids is 3. The Morgan fingerprint density at radius 3 is 2.59 bits per heavy atom. The van der Waals surface area contributed by atoms with Crippen molar-refractivity contribution in [3.05, 3.63) is 41.1 Å². The standard InChI is InChI=1S/C19H21BrN2O6S/c1-10(20)7-27-18(24)13-9-29-17-14(21)16(23)22(17)15(13)19(25)28-8-11-3-5-12(26-2)6-4-11/h3-6,10,14,17H,7-9,21H2,1-2H3/t10?,14?,17-/m0/s1. The van der Waals surface area contributed by atoms with Gasteiger partial charge < -0.3 is 19.9 Å². The maximum Gasteiger partial charge on any atom is 0.356 e. The van der Waals surface area contributed by atoms with Gasteiger partial charge in [0.1, 0.15) is 36.1 Å². The summed E-state index contributed by atoms with van der Waals surface area (Å²) >= 11 is 4.63. The summed E-state index contributed by atoms with van der Waals surface area (Å²) in [6, 6.07) is 6.31. The minimum absolute atomic E-state index is 0.0149. The van der Waals surface area contributed by atoms with Crippen LogP contribution >= 0.6 is 27.7 Å². The molecule has 10 heteroatoms. The van der Waals surface area contributed by atoms with Crippen LogP contribution in [0.3, 0.4) is 0 Å². The zero-order chi connectivity index (χ0) is 21.1. The average molecular weight is 485 g/mol. The first-order valence-corrected chi connectivity index (χ1v) is 10.8. The monoisotopic (exact) mass is 484 g/mol. The lowest BCUT2D eigenvalue weighted by Gasteiger charge is -2.47. The number of ether oxygens (including phenoxy) is 3. The number of rotatable bonds is 7. The van der Waals surface area contributed by atoms with Crippen molar-refractivity contribution in [3.63, 3.8) is 0 Å². The lowest BCUT2D eigenvalue weighted by molar-refractivity contribution is -0.152. The Hall–Kier alpha value is -2.04. The predicted octanol–water partition coefficient (Wildman–Crippen LogP) is 1.56. The second-order valence-electron chi connectivity index (χ2n) is 6.57. The van der Waals surface area contributed by atoms with Crippen LogP contribution in [0.5, 0.6) is 5.75 Å². The highest BCUT2D eigenvalue weighted by Gasteiger charge is 2.53. The summed E-state index contributed by atoms with van der Waals surface area (Å²) in [5.41, 5.74) is 6.60. The van der Waals surface area contributed by atoms with Crippen LogP contribution in [-0.4, -0.2) is 58.5 Å². The number of nitrogens with two attached hydrogens (primary N) is 1. The van der Waals surface area contributed by atoms with Gasteiger partial charge in [-0.25, -0.2) is 9.59 Å². The number of hydrogen-bond acceptors (Lipinski definition) is 8. The minimum Gasteiger partial charge on any atom is -0.497 e. The van der Waals surface area contributed by atoms with E-state index in [1.54, 1.807) is 31.4 Å². The maximum atomic E-state index is 12.8. The minimum atomic E-state index is -0.759. The number of benzene rings is 1. The molecular formula is C19H21BrN2O6S. The topological polar surface area (TPSA) is 108 Å². The molecule has 0 aliphatic carbocycles. The quantitative estimate of drug-likeness (QED) is 0.352. The molecule has 1 saturated heterocycles. The molecule has 3 atom stereocenters. The third-order valence-electron chi connectivity index (χ3n) is 4.42. The molecule has 2 heterocycles. The van der Waals surface area contributed by atoms with E-state index in [9.17, 15) is 14.4 Å². The third-order valence-corrected chi connectivity index (χ3v) is 5.99. The van der Waals surface area contributed by atoms with Gasteiger partial charge in [-0.2, -0.15) is 0 Å². The van der Waals surface area contributed by atoms with Crippen LogP contribution in [0.15, 0.2) is 35.5 Å². The predicted molar refractivity (Wildman–Crippen MR) is 110 cm³/mol. The number of thioether (sulfide) groups is 1. The van der Waals surface area contributed by atoms with Crippen molar-refractivity contribution < 1.29 is 28.6 Å². The van der Waals surface area contributed by atoms with Crippen molar-refractivity contribution in [1.82, 2.24) is 4.90 Å². The molecule has 29 heavy (non-hydrogen) atoms. The zero-order valence-electron chi connectivity index (χ0n) is 15.9. The van der Waals surface area contributed by atoms with Crippen LogP contribution in [0.1, 0.15) is 12.5 Å². The van der Waals surface area contributed by atoms with E-state index in [0.717, 1.165) is 5.56 Å². The first-order valence-electron chi connectivity index (χ1n) is 8.88. The molecule has 2 aliphatic rings. The van der Waals surface area contributed by atoms with Crippen molar-refractivity contribution in [2.75, 3.05) is 19.5 Å². The highest BCUT2D eigenvalue weighted by Crippen LogP contribution is 2.40. The van der Waals surface area contributed by atoms with Gasteiger partial charge in [0.15, 0.2) is 0 Å². The average Bonchev–Trinajstić information content (AvgIpc) is 2.74. The van der Waals surface area contributed by atoms with Gasteiger partial charge in [-0.1, -0.05) is 28.1 Å². The van der Waals surface area contributed by atoms with Crippen LogP contribution in [0.4, 0.5) is 0 Å². The van der Waals surface area contributed by atoms with Gasteiger partial charge in [-0.05, 0) is 24.6 Å². The fourth-order valence-electron chi connectivity index (χ4n) is 2.88. The van der Waals surface area contributed by atoms with E-state index < -0.39 is 29.3 Å². The van der Waals surface area contributed by atoms with Crippen molar-refractivity contribution in [2.45, 2.75) is 29.8 Å². The number of fused-ring (bicyclic) bond motifs is 1. The second-order valence-corrected chi connectivity index (χ2v) is 9.23. The molecule has 1 aromatic carbocycles. The molecule has 0 spiro atoms. The summed E-state index contributed by atoms with van der Waals surface area (Å²) in [5.74, 6) is -0.930. The molecule has 0 aromatic heterocycles. The number of β-lactam (4-membered cyclic amide) rings is 1. The fraction of sp³-hybridized carbons (Fsp3) is 0.421. The van der Waals surface area contributed by atoms with E-state index in [1.165, 1.54) is 16.7 Å². The van der Waals surface area contributed by atoms with Gasteiger partial charge in [0, 0.05) is 10.6 Å². The van der Waals surface area contributed by atoms with Gasteiger partial charge in [0.2, 0.25) is 5.91 Å². The van der Waals surface area contributed by atoms with E-state index in [2.05, 4.69) is 15.9 Å². The fourth-order valence-corrected chi connectivity index (χ4v) is 4.28. The Morgan fingerprint density at radius 1 is 1.28 bits per heavy atom. The zero-order valence-corrected chi connectivity index (χ0v) is 18.3. The van der Waals surface area contributed by atoms with Crippen LogP contribution in [0.25, 0.3) is 0 Å². The molecule has 0 bridgehead atoms. The van der Waals surface area contributed by atoms with Crippen molar-refractivity contribution in [2.24, 2.45) is 5.73 Å². The number of carbonyl (C=O) groups is 3. The number of methoxy groups -OCH3 is 1. The van der Waals surface area contributed by atoms with Crippen LogP contribution in [0.2, 0.25) is 0 Å². The first-order chi connectivity index (χ1) is 13.8.